The summed E-state index contributed by atoms with van der Waals surface area (Å²) < 4.78 is 0. The molecule has 0 aromatic carbocycles. The van der Waals surface area contributed by atoms with Crippen molar-refractivity contribution in [2.75, 3.05) is 26.2 Å². The van der Waals surface area contributed by atoms with E-state index >= 15 is 0 Å². The van der Waals surface area contributed by atoms with Gasteiger partial charge in [0.15, 0.2) is 0 Å². The largest absolute Gasteiger partial charge is 0.396 e. The van der Waals surface area contributed by atoms with E-state index in [9.17, 15) is 0 Å². The van der Waals surface area contributed by atoms with Gasteiger partial charge in [-0.05, 0) is 32.2 Å². The molecule has 1 heterocycles. The minimum Gasteiger partial charge on any atom is -0.396 e. The summed E-state index contributed by atoms with van der Waals surface area (Å²) >= 11 is 0. The van der Waals surface area contributed by atoms with E-state index in [1.54, 1.807) is 0 Å². The molecule has 1 aliphatic heterocycles. The molecule has 70 valence electrons. The number of aliphatic hydroxyl groups is 1. The predicted octanol–water partition coefficient (Wildman–Crippen LogP) is 1.27. The van der Waals surface area contributed by atoms with Crippen LogP contribution in [0.15, 0.2) is 12.2 Å². The summed E-state index contributed by atoms with van der Waals surface area (Å²) in [7, 11) is 0. The Morgan fingerprint density at radius 1 is 1.67 bits per heavy atom. The average molecular weight is 169 g/mol. The van der Waals surface area contributed by atoms with Crippen LogP contribution in [0.3, 0.4) is 0 Å². The van der Waals surface area contributed by atoms with Gasteiger partial charge >= 0.3 is 0 Å². The standard InChI is InChI=1S/C10H19NO/c1-9(2)3-5-11-6-4-10(7-11)8-12/h10,12H,1,3-8H2,2H3. The zero-order valence-corrected chi connectivity index (χ0v) is 7.92. The Morgan fingerprint density at radius 2 is 2.42 bits per heavy atom. The summed E-state index contributed by atoms with van der Waals surface area (Å²) in [6, 6.07) is 0. The predicted molar refractivity (Wildman–Crippen MR) is 51.1 cm³/mol. The van der Waals surface area contributed by atoms with Crippen molar-refractivity contribution in [2.24, 2.45) is 5.92 Å². The van der Waals surface area contributed by atoms with Crippen LogP contribution in [0.5, 0.6) is 0 Å². The Kier molecular flexibility index (Phi) is 3.76. The molecule has 0 aliphatic carbocycles. The van der Waals surface area contributed by atoms with Crippen molar-refractivity contribution in [3.63, 3.8) is 0 Å². The monoisotopic (exact) mass is 169 g/mol. The van der Waals surface area contributed by atoms with Crippen LogP contribution in [0.25, 0.3) is 0 Å². The second kappa shape index (κ2) is 4.63. The molecule has 1 saturated heterocycles. The number of hydrogen-bond acceptors (Lipinski definition) is 2. The van der Waals surface area contributed by atoms with Gasteiger partial charge in [-0.25, -0.2) is 0 Å². The Morgan fingerprint density at radius 3 is 2.92 bits per heavy atom. The minimum atomic E-state index is 0.351. The molecule has 0 aromatic rings. The molecule has 2 heteroatoms. The van der Waals surface area contributed by atoms with Gasteiger partial charge in [-0.3, -0.25) is 0 Å². The number of likely N-dealkylation sites (tertiary alicyclic amines) is 1. The van der Waals surface area contributed by atoms with Crippen LogP contribution in [0.1, 0.15) is 19.8 Å². The summed E-state index contributed by atoms with van der Waals surface area (Å²) in [5.41, 5.74) is 1.25. The fraction of sp³-hybridized carbons (Fsp3) is 0.800. The third-order valence-electron chi connectivity index (χ3n) is 2.48. The summed E-state index contributed by atoms with van der Waals surface area (Å²) in [4.78, 5) is 2.41. The van der Waals surface area contributed by atoms with Gasteiger partial charge in [0, 0.05) is 19.7 Å². The molecule has 1 aliphatic rings. The number of nitrogens with zero attached hydrogens (tertiary/aromatic N) is 1. The molecule has 0 amide bonds. The van der Waals surface area contributed by atoms with Crippen molar-refractivity contribution in [1.82, 2.24) is 4.90 Å². The first-order valence-electron chi connectivity index (χ1n) is 4.70. The smallest absolute Gasteiger partial charge is 0.0471 e. The van der Waals surface area contributed by atoms with E-state index in [1.807, 2.05) is 0 Å². The summed E-state index contributed by atoms with van der Waals surface area (Å²) in [5.74, 6) is 0.523. The molecule has 1 fully saturated rings. The molecule has 2 nitrogen and oxygen atoms in total. The van der Waals surface area contributed by atoms with E-state index < -0.39 is 0 Å². The Balaban J connectivity index is 2.15. The van der Waals surface area contributed by atoms with Gasteiger partial charge < -0.3 is 10.0 Å². The van der Waals surface area contributed by atoms with Crippen molar-refractivity contribution in [2.45, 2.75) is 19.8 Å². The lowest BCUT2D eigenvalue weighted by molar-refractivity contribution is 0.222. The highest BCUT2D eigenvalue weighted by molar-refractivity contribution is 4.89. The van der Waals surface area contributed by atoms with E-state index in [-0.39, 0.29) is 0 Å². The number of aliphatic hydroxyl groups excluding tert-OH is 1. The summed E-state index contributed by atoms with van der Waals surface area (Å²) in [6.45, 7) is 9.64. The molecule has 12 heavy (non-hydrogen) atoms. The van der Waals surface area contributed by atoms with Crippen molar-refractivity contribution in [3.05, 3.63) is 12.2 Å². The maximum Gasteiger partial charge on any atom is 0.0471 e. The van der Waals surface area contributed by atoms with E-state index in [0.29, 0.717) is 12.5 Å². The molecule has 1 atom stereocenters. The van der Waals surface area contributed by atoms with E-state index in [1.165, 1.54) is 5.57 Å². The van der Waals surface area contributed by atoms with E-state index in [0.717, 1.165) is 32.5 Å². The molecule has 0 aromatic heterocycles. The zero-order chi connectivity index (χ0) is 8.97. The lowest BCUT2D eigenvalue weighted by atomic mass is 10.1. The fourth-order valence-corrected chi connectivity index (χ4v) is 1.61. The highest BCUT2D eigenvalue weighted by Crippen LogP contribution is 2.15. The minimum absolute atomic E-state index is 0.351. The molecule has 1 unspecified atom stereocenters. The van der Waals surface area contributed by atoms with Gasteiger partial charge in [-0.15, -0.1) is 6.58 Å². The van der Waals surface area contributed by atoms with Gasteiger partial charge in [0.05, 0.1) is 0 Å². The van der Waals surface area contributed by atoms with Crippen molar-refractivity contribution >= 4 is 0 Å². The summed E-state index contributed by atoms with van der Waals surface area (Å²) in [6.07, 6.45) is 2.25. The van der Waals surface area contributed by atoms with E-state index in [4.69, 9.17) is 5.11 Å². The Bertz CT molecular complexity index is 156. The second-order valence-corrected chi connectivity index (χ2v) is 3.84. The second-order valence-electron chi connectivity index (χ2n) is 3.84. The van der Waals surface area contributed by atoms with Gasteiger partial charge in [-0.2, -0.15) is 0 Å². The fourth-order valence-electron chi connectivity index (χ4n) is 1.61. The summed E-state index contributed by atoms with van der Waals surface area (Å²) in [5, 5.41) is 8.92. The molecule has 0 radical (unpaired) electrons. The molecule has 0 spiro atoms. The van der Waals surface area contributed by atoms with Crippen molar-refractivity contribution in [3.8, 4) is 0 Å². The average Bonchev–Trinajstić information content (AvgIpc) is 2.48. The van der Waals surface area contributed by atoms with Gasteiger partial charge in [0.1, 0.15) is 0 Å². The van der Waals surface area contributed by atoms with Gasteiger partial charge in [-0.1, -0.05) is 5.57 Å². The van der Waals surface area contributed by atoms with Gasteiger partial charge in [0.2, 0.25) is 0 Å². The molecule has 1 rings (SSSR count). The van der Waals surface area contributed by atoms with Crippen LogP contribution in [-0.4, -0.2) is 36.2 Å². The SMILES string of the molecule is C=C(C)CCN1CCC(CO)C1. The Labute approximate surface area is 74.9 Å². The quantitative estimate of drug-likeness (QED) is 0.641. The normalized spacial score (nSPS) is 24.7. The van der Waals surface area contributed by atoms with Crippen molar-refractivity contribution in [1.29, 1.82) is 0 Å². The Hall–Kier alpha value is -0.340. The van der Waals surface area contributed by atoms with Crippen molar-refractivity contribution < 1.29 is 5.11 Å². The first kappa shape index (κ1) is 9.75. The van der Waals surface area contributed by atoms with Crippen LogP contribution in [0.4, 0.5) is 0 Å². The lowest BCUT2D eigenvalue weighted by Gasteiger charge is -2.14. The third kappa shape index (κ3) is 2.95. The highest BCUT2D eigenvalue weighted by atomic mass is 16.3. The molecule has 1 N–H and O–H groups in total. The molecule has 0 saturated carbocycles. The lowest BCUT2D eigenvalue weighted by Crippen LogP contribution is -2.22. The number of rotatable bonds is 4. The van der Waals surface area contributed by atoms with Gasteiger partial charge in [0.25, 0.3) is 0 Å². The maximum absolute atomic E-state index is 8.92. The van der Waals surface area contributed by atoms with Crippen LogP contribution < -0.4 is 0 Å². The molecule has 0 bridgehead atoms. The zero-order valence-electron chi connectivity index (χ0n) is 7.92. The van der Waals surface area contributed by atoms with Crippen LogP contribution >= 0.6 is 0 Å². The molecular weight excluding hydrogens is 150 g/mol. The first-order chi connectivity index (χ1) is 5.72. The number of hydrogen-bond donors (Lipinski definition) is 1. The van der Waals surface area contributed by atoms with Crippen LogP contribution in [0, 0.1) is 5.92 Å². The maximum atomic E-state index is 8.92. The first-order valence-corrected chi connectivity index (χ1v) is 4.70. The van der Waals surface area contributed by atoms with Crippen LogP contribution in [-0.2, 0) is 0 Å². The molecular formula is C10H19NO. The van der Waals surface area contributed by atoms with E-state index in [2.05, 4.69) is 18.4 Å². The van der Waals surface area contributed by atoms with Crippen LogP contribution in [0.2, 0.25) is 0 Å². The third-order valence-corrected chi connectivity index (χ3v) is 2.48. The highest BCUT2D eigenvalue weighted by Gasteiger charge is 2.20. The topological polar surface area (TPSA) is 23.5 Å².